The van der Waals surface area contributed by atoms with Gasteiger partial charge in [0.1, 0.15) is 11.5 Å². The van der Waals surface area contributed by atoms with Gasteiger partial charge in [0.15, 0.2) is 12.3 Å². The maximum absolute atomic E-state index is 12.3. The second kappa shape index (κ2) is 7.90. The number of ether oxygens (including phenoxy) is 2. The van der Waals surface area contributed by atoms with Crippen LogP contribution in [-0.4, -0.2) is 29.9 Å². The van der Waals surface area contributed by atoms with E-state index < -0.39 is 0 Å². The molecule has 7 heteroatoms. The summed E-state index contributed by atoms with van der Waals surface area (Å²) in [7, 11) is 1.61. The van der Waals surface area contributed by atoms with Gasteiger partial charge in [0.25, 0.3) is 5.91 Å². The van der Waals surface area contributed by atoms with Crippen LogP contribution in [0.3, 0.4) is 0 Å². The van der Waals surface area contributed by atoms with Crippen molar-refractivity contribution < 1.29 is 18.9 Å². The number of hydrogen-bond acceptors (Lipinski definition) is 6. The quantitative estimate of drug-likeness (QED) is 0.715. The third-order valence-corrected chi connectivity index (χ3v) is 4.19. The summed E-state index contributed by atoms with van der Waals surface area (Å²) in [5, 5.41) is 10.4. The zero-order valence-corrected chi connectivity index (χ0v) is 15.7. The molecule has 27 heavy (non-hydrogen) atoms. The van der Waals surface area contributed by atoms with Crippen LogP contribution >= 0.6 is 0 Å². The molecule has 3 rings (SSSR count). The molecule has 7 nitrogen and oxygen atoms in total. The lowest BCUT2D eigenvalue weighted by atomic mass is 10.1. The summed E-state index contributed by atoms with van der Waals surface area (Å²) in [6.07, 6.45) is 0. The Kier molecular flexibility index (Phi) is 5.40. The van der Waals surface area contributed by atoms with Crippen LogP contribution < -0.4 is 14.8 Å². The number of benzene rings is 2. The minimum absolute atomic E-state index is 0.139. The number of carbonyl (C=O) groups excluding carboxylic acids is 1. The van der Waals surface area contributed by atoms with Gasteiger partial charge in [0.05, 0.1) is 7.11 Å². The lowest BCUT2D eigenvalue weighted by Crippen LogP contribution is -2.21. The molecule has 3 aromatic rings. The molecular weight excluding hydrogens is 346 g/mol. The van der Waals surface area contributed by atoms with Crippen LogP contribution in [0.5, 0.6) is 11.5 Å². The highest BCUT2D eigenvalue weighted by molar-refractivity contribution is 5.94. The van der Waals surface area contributed by atoms with Crippen molar-refractivity contribution >= 4 is 11.7 Å². The maximum Gasteiger partial charge on any atom is 0.263 e. The Hall–Kier alpha value is -3.35. The zero-order valence-electron chi connectivity index (χ0n) is 15.7. The van der Waals surface area contributed by atoms with Crippen molar-refractivity contribution in [2.24, 2.45) is 0 Å². The third kappa shape index (κ3) is 4.08. The van der Waals surface area contributed by atoms with E-state index in [0.29, 0.717) is 11.4 Å². The van der Waals surface area contributed by atoms with E-state index in [9.17, 15) is 4.79 Å². The van der Waals surface area contributed by atoms with Gasteiger partial charge in [-0.1, -0.05) is 18.2 Å². The lowest BCUT2D eigenvalue weighted by Gasteiger charge is -2.11. The topological polar surface area (TPSA) is 86.5 Å². The summed E-state index contributed by atoms with van der Waals surface area (Å²) < 4.78 is 15.7. The van der Waals surface area contributed by atoms with Crippen molar-refractivity contribution in [2.75, 3.05) is 19.0 Å². The summed E-state index contributed by atoms with van der Waals surface area (Å²) in [6.45, 7) is 5.65. The van der Waals surface area contributed by atoms with Gasteiger partial charge in [-0.15, -0.1) is 0 Å². The first kappa shape index (κ1) is 18.4. The minimum atomic E-state index is -0.347. The average molecular weight is 367 g/mol. The highest BCUT2D eigenvalue weighted by Gasteiger charge is 2.18. The van der Waals surface area contributed by atoms with Crippen molar-refractivity contribution in [1.82, 2.24) is 10.3 Å². The second-order valence-electron chi connectivity index (χ2n) is 6.20. The fourth-order valence-corrected chi connectivity index (χ4v) is 2.81. The molecule has 1 N–H and O–H groups in total. The fraction of sp³-hybridized carbons (Fsp3) is 0.250. The van der Waals surface area contributed by atoms with Gasteiger partial charge < -0.3 is 14.8 Å². The SMILES string of the molecule is COc1ccc(-c2nonc2NC(=O)COc2c(C)cccc2C)c(C)c1. The summed E-state index contributed by atoms with van der Waals surface area (Å²) in [5.74, 6) is 1.34. The van der Waals surface area contributed by atoms with Gasteiger partial charge in [-0.2, -0.15) is 0 Å². The van der Waals surface area contributed by atoms with Gasteiger partial charge in [0, 0.05) is 5.56 Å². The predicted octanol–water partition coefficient (Wildman–Crippen LogP) is 3.69. The van der Waals surface area contributed by atoms with Crippen LogP contribution in [0, 0.1) is 20.8 Å². The standard InChI is InChI=1S/C20H21N3O4/c1-12-6-5-7-13(2)19(12)26-11-17(24)21-20-18(22-27-23-20)16-9-8-15(25-4)10-14(16)3/h5-10H,11H2,1-4H3,(H,21,23,24). The number of nitrogens with zero attached hydrogens (tertiary/aromatic N) is 2. The Morgan fingerprint density at radius 3 is 2.48 bits per heavy atom. The molecule has 0 bridgehead atoms. The Labute approximate surface area is 157 Å². The maximum atomic E-state index is 12.3. The third-order valence-electron chi connectivity index (χ3n) is 4.19. The number of rotatable bonds is 6. The number of para-hydroxylation sites is 1. The molecule has 1 amide bonds. The molecule has 140 valence electrons. The van der Waals surface area contributed by atoms with Crippen LogP contribution in [0.1, 0.15) is 16.7 Å². The monoisotopic (exact) mass is 367 g/mol. The van der Waals surface area contributed by atoms with E-state index in [4.69, 9.17) is 14.1 Å². The molecule has 0 spiro atoms. The largest absolute Gasteiger partial charge is 0.497 e. The summed E-state index contributed by atoms with van der Waals surface area (Å²) in [4.78, 5) is 12.3. The molecule has 0 aliphatic rings. The van der Waals surface area contributed by atoms with E-state index in [2.05, 4.69) is 15.6 Å². The molecule has 0 aliphatic heterocycles. The van der Waals surface area contributed by atoms with Crippen LogP contribution in [0.15, 0.2) is 41.0 Å². The van der Waals surface area contributed by atoms with Crippen LogP contribution in [0.2, 0.25) is 0 Å². The first-order valence-corrected chi connectivity index (χ1v) is 8.46. The number of aromatic nitrogens is 2. The van der Waals surface area contributed by atoms with E-state index in [0.717, 1.165) is 28.0 Å². The molecule has 0 atom stereocenters. The summed E-state index contributed by atoms with van der Waals surface area (Å²) >= 11 is 0. The number of aryl methyl sites for hydroxylation is 3. The molecule has 1 aromatic heterocycles. The van der Waals surface area contributed by atoms with E-state index in [1.807, 2.05) is 57.2 Å². The van der Waals surface area contributed by atoms with Crippen molar-refractivity contribution in [2.45, 2.75) is 20.8 Å². The van der Waals surface area contributed by atoms with Gasteiger partial charge >= 0.3 is 0 Å². The Morgan fingerprint density at radius 2 is 1.81 bits per heavy atom. The number of carbonyl (C=O) groups is 1. The first-order valence-electron chi connectivity index (χ1n) is 8.46. The average Bonchev–Trinajstić information content (AvgIpc) is 3.08. The Bertz CT molecular complexity index is 945. The van der Waals surface area contributed by atoms with E-state index >= 15 is 0 Å². The number of methoxy groups -OCH3 is 1. The molecule has 0 aliphatic carbocycles. The highest BCUT2D eigenvalue weighted by atomic mass is 16.6. The van der Waals surface area contributed by atoms with Crippen molar-refractivity contribution in [3.05, 3.63) is 53.1 Å². The van der Waals surface area contributed by atoms with Gasteiger partial charge in [-0.3, -0.25) is 4.79 Å². The first-order chi connectivity index (χ1) is 13.0. The number of anilines is 1. The zero-order chi connectivity index (χ0) is 19.4. The summed E-state index contributed by atoms with van der Waals surface area (Å²) in [5.41, 5.74) is 4.12. The Morgan fingerprint density at radius 1 is 1.07 bits per heavy atom. The smallest absolute Gasteiger partial charge is 0.263 e. The summed E-state index contributed by atoms with van der Waals surface area (Å²) in [6, 6.07) is 11.4. The molecule has 1 heterocycles. The molecule has 0 radical (unpaired) electrons. The second-order valence-corrected chi connectivity index (χ2v) is 6.20. The molecule has 0 fully saturated rings. The molecular formula is C20H21N3O4. The number of hydrogen-bond donors (Lipinski definition) is 1. The Balaban J connectivity index is 1.72. The molecule has 2 aromatic carbocycles. The van der Waals surface area contributed by atoms with Gasteiger partial charge in [-0.05, 0) is 66.0 Å². The van der Waals surface area contributed by atoms with E-state index in [-0.39, 0.29) is 18.3 Å². The van der Waals surface area contributed by atoms with Crippen LogP contribution in [0.4, 0.5) is 5.82 Å². The lowest BCUT2D eigenvalue weighted by molar-refractivity contribution is -0.118. The number of nitrogens with one attached hydrogen (secondary N) is 1. The van der Waals surface area contributed by atoms with Crippen molar-refractivity contribution in [3.63, 3.8) is 0 Å². The predicted molar refractivity (Wildman–Crippen MR) is 101 cm³/mol. The number of amides is 1. The van der Waals surface area contributed by atoms with Crippen molar-refractivity contribution in [1.29, 1.82) is 0 Å². The minimum Gasteiger partial charge on any atom is -0.497 e. The van der Waals surface area contributed by atoms with Crippen molar-refractivity contribution in [3.8, 4) is 22.8 Å². The molecule has 0 saturated carbocycles. The normalized spacial score (nSPS) is 10.5. The van der Waals surface area contributed by atoms with Gasteiger partial charge in [0.2, 0.25) is 5.82 Å². The fourth-order valence-electron chi connectivity index (χ4n) is 2.81. The molecule has 0 unspecified atom stereocenters. The van der Waals surface area contributed by atoms with E-state index in [1.165, 1.54) is 0 Å². The van der Waals surface area contributed by atoms with E-state index in [1.54, 1.807) is 7.11 Å². The van der Waals surface area contributed by atoms with Crippen LogP contribution in [-0.2, 0) is 4.79 Å². The van der Waals surface area contributed by atoms with Crippen LogP contribution in [0.25, 0.3) is 11.3 Å². The molecule has 0 saturated heterocycles. The van der Waals surface area contributed by atoms with Gasteiger partial charge in [-0.25, -0.2) is 4.63 Å². The highest BCUT2D eigenvalue weighted by Crippen LogP contribution is 2.30.